The predicted molar refractivity (Wildman–Crippen MR) is 107 cm³/mol. The Morgan fingerprint density at radius 1 is 1.16 bits per heavy atom. The van der Waals surface area contributed by atoms with Crippen LogP contribution < -0.4 is 5.32 Å². The second-order valence-corrected chi connectivity index (χ2v) is 10.4. The van der Waals surface area contributed by atoms with Crippen LogP contribution >= 0.6 is 11.6 Å². The molecule has 0 heterocycles. The van der Waals surface area contributed by atoms with Crippen LogP contribution in [-0.2, 0) is 25.4 Å². The SMILES string of the molecule is CC(O)(C(=O)Nc1ccc(S(=O)(=O)c2ccc(S(=O)CCO)c(F)c2)cc1Cl)C(F)(F)F. The van der Waals surface area contributed by atoms with Gasteiger partial charge in [0.25, 0.3) is 5.91 Å². The molecule has 2 aromatic carbocycles. The van der Waals surface area contributed by atoms with Gasteiger partial charge < -0.3 is 15.5 Å². The number of benzene rings is 2. The van der Waals surface area contributed by atoms with E-state index in [1.165, 1.54) is 0 Å². The molecule has 176 valence electrons. The van der Waals surface area contributed by atoms with E-state index >= 15 is 0 Å². The van der Waals surface area contributed by atoms with Crippen LogP contribution in [0.2, 0.25) is 5.02 Å². The summed E-state index contributed by atoms with van der Waals surface area (Å²) >= 11 is 5.88. The maximum atomic E-state index is 14.2. The molecule has 2 atom stereocenters. The topological polar surface area (TPSA) is 121 Å². The molecule has 0 aliphatic carbocycles. The molecule has 0 aliphatic rings. The summed E-state index contributed by atoms with van der Waals surface area (Å²) in [5.74, 6) is -3.16. The molecule has 14 heteroatoms. The van der Waals surface area contributed by atoms with Crippen molar-refractivity contribution >= 4 is 43.8 Å². The second-order valence-electron chi connectivity index (χ2n) is 6.53. The standard InChI is InChI=1S/C18H16ClF4NO6S2/c1-17(27,18(21,22)23)16(26)24-14-4-2-10(8-12(14)19)32(29,30)11-3-5-15(13(20)9-11)31(28)7-6-25/h2-5,8-9,25,27H,6-7H2,1H3,(H,24,26). The molecular weight excluding hydrogens is 502 g/mol. The molecule has 7 nitrogen and oxygen atoms in total. The molecular formula is C18H16ClF4NO6S2. The zero-order chi connectivity index (χ0) is 24.5. The summed E-state index contributed by atoms with van der Waals surface area (Å²) in [6.07, 6.45) is -5.27. The number of rotatable bonds is 7. The number of amides is 1. The van der Waals surface area contributed by atoms with E-state index in [0.717, 1.165) is 30.3 Å². The number of anilines is 1. The van der Waals surface area contributed by atoms with Gasteiger partial charge in [0, 0.05) is 0 Å². The molecule has 2 aromatic rings. The Hall–Kier alpha value is -2.06. The first-order valence-corrected chi connectivity index (χ1v) is 11.7. The number of aliphatic hydroxyl groups is 2. The average Bonchev–Trinajstić information content (AvgIpc) is 2.68. The van der Waals surface area contributed by atoms with Gasteiger partial charge in [-0.2, -0.15) is 13.2 Å². The third-order valence-corrected chi connectivity index (χ3v) is 7.67. The van der Waals surface area contributed by atoms with Crippen molar-refractivity contribution in [3.05, 3.63) is 47.2 Å². The molecule has 0 fully saturated rings. The molecule has 2 unspecified atom stereocenters. The minimum absolute atomic E-state index is 0.237. The number of nitrogens with one attached hydrogen (secondary N) is 1. The van der Waals surface area contributed by atoms with E-state index in [-0.39, 0.29) is 17.6 Å². The molecule has 0 bridgehead atoms. The number of hydrogen-bond donors (Lipinski definition) is 3. The first-order valence-electron chi connectivity index (χ1n) is 8.57. The lowest BCUT2D eigenvalue weighted by atomic mass is 10.1. The number of carbonyl (C=O) groups excluding carboxylic acids is 1. The van der Waals surface area contributed by atoms with Gasteiger partial charge in [-0.3, -0.25) is 9.00 Å². The van der Waals surface area contributed by atoms with Crippen molar-refractivity contribution in [2.24, 2.45) is 0 Å². The highest BCUT2D eigenvalue weighted by atomic mass is 35.5. The van der Waals surface area contributed by atoms with E-state index in [9.17, 15) is 40.1 Å². The van der Waals surface area contributed by atoms with Crippen LogP contribution in [0.1, 0.15) is 6.92 Å². The van der Waals surface area contributed by atoms with Crippen LogP contribution in [0.3, 0.4) is 0 Å². The smallest absolute Gasteiger partial charge is 0.395 e. The Kier molecular flexibility index (Phi) is 7.72. The summed E-state index contributed by atoms with van der Waals surface area (Å²) in [5, 5.41) is 19.5. The molecule has 0 aliphatic heterocycles. The lowest BCUT2D eigenvalue weighted by molar-refractivity contribution is -0.242. The van der Waals surface area contributed by atoms with E-state index in [4.69, 9.17) is 16.7 Å². The number of halogens is 5. The Morgan fingerprint density at radius 3 is 2.22 bits per heavy atom. The zero-order valence-corrected chi connectivity index (χ0v) is 18.5. The van der Waals surface area contributed by atoms with E-state index in [1.54, 1.807) is 5.32 Å². The first-order chi connectivity index (χ1) is 14.6. The van der Waals surface area contributed by atoms with Gasteiger partial charge in [0.1, 0.15) is 5.82 Å². The molecule has 2 rings (SSSR count). The summed E-state index contributed by atoms with van der Waals surface area (Å²) in [7, 11) is -6.23. The Balaban J connectivity index is 2.35. The third-order valence-electron chi connectivity index (χ3n) is 4.23. The first kappa shape index (κ1) is 26.2. The summed E-state index contributed by atoms with van der Waals surface area (Å²) in [6.45, 7) is -0.229. The average molecular weight is 518 g/mol. The van der Waals surface area contributed by atoms with Crippen molar-refractivity contribution < 1.29 is 45.2 Å². The van der Waals surface area contributed by atoms with Crippen molar-refractivity contribution in [3.63, 3.8) is 0 Å². The fourth-order valence-corrected chi connectivity index (χ4v) is 4.77. The Bertz CT molecular complexity index is 1170. The van der Waals surface area contributed by atoms with Gasteiger partial charge in [0.15, 0.2) is 0 Å². The van der Waals surface area contributed by atoms with Crippen molar-refractivity contribution in [3.8, 4) is 0 Å². The summed E-state index contributed by atoms with van der Waals surface area (Å²) in [5.41, 5.74) is -4.13. The molecule has 0 aromatic heterocycles. The zero-order valence-electron chi connectivity index (χ0n) is 16.1. The Morgan fingerprint density at radius 2 is 1.72 bits per heavy atom. The fourth-order valence-electron chi connectivity index (χ4n) is 2.30. The van der Waals surface area contributed by atoms with E-state index < -0.39 is 71.2 Å². The summed E-state index contributed by atoms with van der Waals surface area (Å²) < 4.78 is 89.9. The predicted octanol–water partition coefficient (Wildman–Crippen LogP) is 2.66. The molecule has 0 radical (unpaired) electrons. The number of carbonyl (C=O) groups is 1. The van der Waals surface area contributed by atoms with Crippen LogP contribution in [-0.4, -0.2) is 52.9 Å². The van der Waals surface area contributed by atoms with Crippen LogP contribution in [0.25, 0.3) is 0 Å². The lowest BCUT2D eigenvalue weighted by Gasteiger charge is -2.25. The van der Waals surface area contributed by atoms with Crippen LogP contribution in [0, 0.1) is 5.82 Å². The molecule has 32 heavy (non-hydrogen) atoms. The monoisotopic (exact) mass is 517 g/mol. The highest BCUT2D eigenvalue weighted by molar-refractivity contribution is 7.91. The van der Waals surface area contributed by atoms with Crippen molar-refractivity contribution in [1.82, 2.24) is 0 Å². The molecule has 0 saturated heterocycles. The van der Waals surface area contributed by atoms with Gasteiger partial charge in [0.2, 0.25) is 15.4 Å². The number of aliphatic hydroxyl groups excluding tert-OH is 1. The second kappa shape index (κ2) is 9.43. The lowest BCUT2D eigenvalue weighted by Crippen LogP contribution is -2.52. The molecule has 0 spiro atoms. The van der Waals surface area contributed by atoms with Gasteiger partial charge in [-0.1, -0.05) is 11.6 Å². The highest BCUT2D eigenvalue weighted by Crippen LogP contribution is 2.33. The normalized spacial score (nSPS) is 15.1. The highest BCUT2D eigenvalue weighted by Gasteiger charge is 2.55. The minimum atomic E-state index is -5.27. The van der Waals surface area contributed by atoms with Gasteiger partial charge >= 0.3 is 6.18 Å². The summed E-state index contributed by atoms with van der Waals surface area (Å²) in [4.78, 5) is 10.5. The molecule has 0 saturated carbocycles. The van der Waals surface area contributed by atoms with Crippen LogP contribution in [0.15, 0.2) is 51.1 Å². The van der Waals surface area contributed by atoms with Gasteiger partial charge in [0.05, 0.1) is 48.6 Å². The van der Waals surface area contributed by atoms with E-state index in [1.807, 2.05) is 0 Å². The van der Waals surface area contributed by atoms with E-state index in [2.05, 4.69) is 0 Å². The molecule has 1 amide bonds. The Labute approximate surface area is 187 Å². The van der Waals surface area contributed by atoms with E-state index in [0.29, 0.717) is 6.07 Å². The number of hydrogen-bond acceptors (Lipinski definition) is 6. The number of alkyl halides is 3. The van der Waals surface area contributed by atoms with Crippen molar-refractivity contribution in [1.29, 1.82) is 0 Å². The van der Waals surface area contributed by atoms with Gasteiger partial charge in [-0.15, -0.1) is 0 Å². The molecule has 3 N–H and O–H groups in total. The van der Waals surface area contributed by atoms with Crippen LogP contribution in [0.4, 0.5) is 23.2 Å². The third kappa shape index (κ3) is 5.29. The largest absolute Gasteiger partial charge is 0.426 e. The van der Waals surface area contributed by atoms with Gasteiger partial charge in [-0.05, 0) is 43.3 Å². The van der Waals surface area contributed by atoms with Crippen molar-refractivity contribution in [2.75, 3.05) is 17.7 Å². The quantitative estimate of drug-likeness (QED) is 0.486. The fraction of sp³-hybridized carbons (Fsp3) is 0.278. The van der Waals surface area contributed by atoms with Crippen molar-refractivity contribution in [2.45, 2.75) is 33.4 Å². The maximum absolute atomic E-state index is 14.2. The summed E-state index contributed by atoms with van der Waals surface area (Å²) in [6, 6.07) is 5.25. The van der Waals surface area contributed by atoms with Crippen LogP contribution in [0.5, 0.6) is 0 Å². The van der Waals surface area contributed by atoms with Gasteiger partial charge in [-0.25, -0.2) is 12.8 Å². The number of sulfone groups is 1. The maximum Gasteiger partial charge on any atom is 0.426 e. The minimum Gasteiger partial charge on any atom is -0.395 e.